The Morgan fingerprint density at radius 3 is 2.20 bits per heavy atom. The lowest BCUT2D eigenvalue weighted by atomic mass is 10.3. The van der Waals surface area contributed by atoms with Crippen molar-refractivity contribution in [3.05, 3.63) is 27.2 Å². The summed E-state index contributed by atoms with van der Waals surface area (Å²) in [6.45, 7) is 1.70. The van der Waals surface area contributed by atoms with Crippen LogP contribution in [0.4, 0.5) is 5.69 Å². The second-order valence-electron chi connectivity index (χ2n) is 2.85. The Bertz CT molecular complexity index is 372. The van der Waals surface area contributed by atoms with Gasteiger partial charge in [-0.15, -0.1) is 0 Å². The molecule has 0 aliphatic carbocycles. The summed E-state index contributed by atoms with van der Waals surface area (Å²) in [6, 6.07) is 3.03. The zero-order chi connectivity index (χ0) is 11.6. The summed E-state index contributed by atoms with van der Waals surface area (Å²) in [6.07, 6.45) is 0. The molecule has 1 aromatic rings. The van der Waals surface area contributed by atoms with Gasteiger partial charge in [-0.05, 0) is 19.1 Å². The topological polar surface area (TPSA) is 29.1 Å². The van der Waals surface area contributed by atoms with Crippen LogP contribution in [0.3, 0.4) is 0 Å². The Morgan fingerprint density at radius 1 is 1.33 bits per heavy atom. The summed E-state index contributed by atoms with van der Waals surface area (Å²) in [4.78, 5) is 11.1. The van der Waals surface area contributed by atoms with E-state index in [-0.39, 0.29) is 10.7 Å². The van der Waals surface area contributed by atoms with Crippen molar-refractivity contribution in [2.24, 2.45) is 0 Å². The molecule has 1 N–H and O–H groups in total. The summed E-state index contributed by atoms with van der Waals surface area (Å²) in [5.41, 5.74) is 0.374. The molecule has 0 aliphatic heterocycles. The molecule has 1 atom stereocenters. The first-order chi connectivity index (χ1) is 6.91. The molecule has 0 fully saturated rings. The average molecular weight is 331 g/mol. The van der Waals surface area contributed by atoms with Crippen LogP contribution >= 0.6 is 50.7 Å². The Kier molecular flexibility index (Phi) is 4.71. The molecule has 1 amide bonds. The highest BCUT2D eigenvalue weighted by Gasteiger charge is 2.14. The van der Waals surface area contributed by atoms with E-state index in [4.69, 9.17) is 34.8 Å². The van der Waals surface area contributed by atoms with Crippen molar-refractivity contribution in [2.45, 2.75) is 11.8 Å². The van der Waals surface area contributed by atoms with Crippen LogP contribution in [0.25, 0.3) is 0 Å². The molecule has 82 valence electrons. The number of amides is 1. The molecule has 0 bridgehead atoms. The Balaban J connectivity index is 3.00. The molecular weight excluding hydrogens is 324 g/mol. The molecule has 0 aromatic heterocycles. The van der Waals surface area contributed by atoms with Crippen molar-refractivity contribution in [1.29, 1.82) is 0 Å². The van der Waals surface area contributed by atoms with Gasteiger partial charge in [0.2, 0.25) is 5.91 Å². The maximum atomic E-state index is 11.4. The first-order valence-electron chi connectivity index (χ1n) is 4.01. The second-order valence-corrected chi connectivity index (χ2v) is 5.47. The van der Waals surface area contributed by atoms with Crippen molar-refractivity contribution in [1.82, 2.24) is 0 Å². The largest absolute Gasteiger partial charge is 0.323 e. The zero-order valence-corrected chi connectivity index (χ0v) is 11.5. The van der Waals surface area contributed by atoms with Gasteiger partial charge in [-0.3, -0.25) is 4.79 Å². The number of halogens is 4. The third-order valence-corrected chi connectivity index (χ3v) is 2.85. The molecule has 2 nitrogen and oxygen atoms in total. The summed E-state index contributed by atoms with van der Waals surface area (Å²) >= 11 is 20.6. The van der Waals surface area contributed by atoms with Crippen LogP contribution in [0, 0.1) is 0 Å². The quantitative estimate of drug-likeness (QED) is 0.801. The molecule has 0 radical (unpaired) electrons. The number of hydrogen-bond donors (Lipinski definition) is 1. The number of benzene rings is 1. The summed E-state index contributed by atoms with van der Waals surface area (Å²) in [5, 5.41) is 3.65. The highest BCUT2D eigenvalue weighted by atomic mass is 79.9. The molecule has 15 heavy (non-hydrogen) atoms. The SMILES string of the molecule is CC(Br)C(=O)Nc1c(Cl)cc(Cl)cc1Cl. The van der Waals surface area contributed by atoms with Gasteiger partial charge in [0, 0.05) is 5.02 Å². The number of carbonyl (C=O) groups excluding carboxylic acids is 1. The Hall–Kier alpha value is 0.0400. The number of carbonyl (C=O) groups is 1. The van der Waals surface area contributed by atoms with E-state index in [0.717, 1.165) is 0 Å². The maximum absolute atomic E-state index is 11.4. The minimum absolute atomic E-state index is 0.221. The second kappa shape index (κ2) is 5.39. The van der Waals surface area contributed by atoms with Gasteiger partial charge < -0.3 is 5.32 Å². The molecule has 0 saturated heterocycles. The lowest BCUT2D eigenvalue weighted by Crippen LogP contribution is -2.20. The van der Waals surface area contributed by atoms with E-state index in [1.54, 1.807) is 6.92 Å². The Labute approximate surface area is 111 Å². The van der Waals surface area contributed by atoms with E-state index >= 15 is 0 Å². The van der Waals surface area contributed by atoms with Crippen LogP contribution in [0.15, 0.2) is 12.1 Å². The van der Waals surface area contributed by atoms with Crippen molar-refractivity contribution < 1.29 is 4.79 Å². The van der Waals surface area contributed by atoms with Gasteiger partial charge in [0.05, 0.1) is 20.6 Å². The van der Waals surface area contributed by atoms with Crippen molar-refractivity contribution in [2.75, 3.05) is 5.32 Å². The fourth-order valence-electron chi connectivity index (χ4n) is 0.884. The van der Waals surface area contributed by atoms with E-state index in [1.165, 1.54) is 12.1 Å². The molecule has 6 heteroatoms. The monoisotopic (exact) mass is 329 g/mol. The molecule has 1 unspecified atom stereocenters. The summed E-state index contributed by atoms with van der Waals surface area (Å²) in [7, 11) is 0. The number of hydrogen-bond acceptors (Lipinski definition) is 1. The van der Waals surface area contributed by atoms with Crippen molar-refractivity contribution in [3.63, 3.8) is 0 Å². The molecule has 0 heterocycles. The van der Waals surface area contributed by atoms with Crippen LogP contribution in [-0.2, 0) is 4.79 Å². The van der Waals surface area contributed by atoms with Gasteiger partial charge in [0.1, 0.15) is 0 Å². The molecule has 0 spiro atoms. The normalized spacial score (nSPS) is 12.3. The maximum Gasteiger partial charge on any atom is 0.237 e. The summed E-state index contributed by atoms with van der Waals surface area (Å²) in [5.74, 6) is -0.221. The van der Waals surface area contributed by atoms with Crippen LogP contribution in [0.1, 0.15) is 6.92 Å². The standard InChI is InChI=1S/C9H7BrCl3NO/c1-4(10)9(15)14-8-6(12)2-5(11)3-7(8)13/h2-4H,1H3,(H,14,15). The van der Waals surface area contributed by atoms with Crippen LogP contribution in [0.5, 0.6) is 0 Å². The van der Waals surface area contributed by atoms with E-state index in [2.05, 4.69) is 21.2 Å². The van der Waals surface area contributed by atoms with Crippen molar-refractivity contribution in [3.8, 4) is 0 Å². The third kappa shape index (κ3) is 3.52. The first kappa shape index (κ1) is 13.1. The predicted octanol–water partition coefficient (Wildman–Crippen LogP) is 4.37. The molecule has 0 saturated carbocycles. The van der Waals surface area contributed by atoms with Gasteiger partial charge in [-0.1, -0.05) is 50.7 Å². The highest BCUT2D eigenvalue weighted by molar-refractivity contribution is 9.10. The van der Waals surface area contributed by atoms with Gasteiger partial charge in [-0.25, -0.2) is 0 Å². The molecule has 0 aliphatic rings. The van der Waals surface area contributed by atoms with Crippen LogP contribution in [0.2, 0.25) is 15.1 Å². The van der Waals surface area contributed by atoms with Crippen LogP contribution < -0.4 is 5.32 Å². The van der Waals surface area contributed by atoms with Gasteiger partial charge in [0.25, 0.3) is 0 Å². The number of alkyl halides is 1. The highest BCUT2D eigenvalue weighted by Crippen LogP contribution is 2.33. The number of rotatable bonds is 2. The fraction of sp³-hybridized carbons (Fsp3) is 0.222. The van der Waals surface area contributed by atoms with E-state index in [1.807, 2.05) is 0 Å². The van der Waals surface area contributed by atoms with Gasteiger partial charge in [0.15, 0.2) is 0 Å². The van der Waals surface area contributed by atoms with Gasteiger partial charge in [-0.2, -0.15) is 0 Å². The lowest BCUT2D eigenvalue weighted by molar-refractivity contribution is -0.115. The molecular formula is C9H7BrCl3NO. The van der Waals surface area contributed by atoms with Crippen molar-refractivity contribution >= 4 is 62.3 Å². The molecule has 1 aromatic carbocycles. The molecule has 1 rings (SSSR count). The minimum Gasteiger partial charge on any atom is -0.323 e. The van der Waals surface area contributed by atoms with E-state index in [0.29, 0.717) is 20.8 Å². The Morgan fingerprint density at radius 2 is 1.80 bits per heavy atom. The predicted molar refractivity (Wildman–Crippen MR) is 68.5 cm³/mol. The minimum atomic E-state index is -0.319. The van der Waals surface area contributed by atoms with E-state index in [9.17, 15) is 4.79 Å². The zero-order valence-electron chi connectivity index (χ0n) is 7.65. The smallest absolute Gasteiger partial charge is 0.237 e. The average Bonchev–Trinajstić information content (AvgIpc) is 2.10. The number of anilines is 1. The lowest BCUT2D eigenvalue weighted by Gasteiger charge is -2.10. The first-order valence-corrected chi connectivity index (χ1v) is 6.06. The van der Waals surface area contributed by atoms with Gasteiger partial charge >= 0.3 is 0 Å². The van der Waals surface area contributed by atoms with E-state index < -0.39 is 0 Å². The van der Waals surface area contributed by atoms with Crippen LogP contribution in [-0.4, -0.2) is 10.7 Å². The number of nitrogens with one attached hydrogen (secondary N) is 1. The third-order valence-electron chi connectivity index (χ3n) is 1.62. The fourth-order valence-corrected chi connectivity index (χ4v) is 1.91. The summed E-state index contributed by atoms with van der Waals surface area (Å²) < 4.78 is 0.